The summed E-state index contributed by atoms with van der Waals surface area (Å²) in [7, 11) is 0. The van der Waals surface area contributed by atoms with Crippen molar-refractivity contribution < 1.29 is 14.3 Å². The fourth-order valence-corrected chi connectivity index (χ4v) is 3.72. The summed E-state index contributed by atoms with van der Waals surface area (Å²) < 4.78 is 11.4. The average Bonchev–Trinajstić information content (AvgIpc) is 2.62. The van der Waals surface area contributed by atoms with E-state index in [2.05, 4.69) is 38.1 Å². The van der Waals surface area contributed by atoms with Crippen LogP contribution in [-0.2, 0) is 20.7 Å². The Bertz CT molecular complexity index is 523. The third kappa shape index (κ3) is 7.26. The molecule has 2 N–H and O–H groups in total. The van der Waals surface area contributed by atoms with Gasteiger partial charge in [-0.15, -0.1) is 12.4 Å². The Morgan fingerprint density at radius 1 is 1.19 bits per heavy atom. The maximum atomic E-state index is 12.0. The van der Waals surface area contributed by atoms with Crippen molar-refractivity contribution in [1.82, 2.24) is 0 Å². The number of hydrogen-bond donors (Lipinski definition) is 1. The van der Waals surface area contributed by atoms with E-state index >= 15 is 0 Å². The number of carbonyl (C=O) groups excluding carboxylic acids is 1. The summed E-state index contributed by atoms with van der Waals surface area (Å²) in [6, 6.07) is 9.90. The molecule has 26 heavy (non-hydrogen) atoms. The first-order chi connectivity index (χ1) is 12.0. The summed E-state index contributed by atoms with van der Waals surface area (Å²) in [6.07, 6.45) is 4.16. The molecule has 1 heterocycles. The predicted molar refractivity (Wildman–Crippen MR) is 107 cm³/mol. The first kappa shape index (κ1) is 22.9. The van der Waals surface area contributed by atoms with Crippen molar-refractivity contribution in [2.24, 2.45) is 23.5 Å². The molecule has 148 valence electrons. The predicted octanol–water partition coefficient (Wildman–Crippen LogP) is 4.00. The number of rotatable bonds is 6. The lowest BCUT2D eigenvalue weighted by Gasteiger charge is -2.32. The Morgan fingerprint density at radius 2 is 1.88 bits per heavy atom. The Hall–Kier alpha value is -1.10. The van der Waals surface area contributed by atoms with Crippen molar-refractivity contribution in [2.45, 2.75) is 58.6 Å². The van der Waals surface area contributed by atoms with Crippen molar-refractivity contribution in [2.75, 3.05) is 13.2 Å². The molecule has 4 atom stereocenters. The zero-order chi connectivity index (χ0) is 18.2. The first-order valence-corrected chi connectivity index (χ1v) is 9.55. The molecule has 0 saturated carbocycles. The van der Waals surface area contributed by atoms with Gasteiger partial charge in [-0.1, -0.05) is 44.2 Å². The van der Waals surface area contributed by atoms with Crippen LogP contribution in [0.4, 0.5) is 0 Å². The number of carbonyl (C=O) groups is 1. The second kappa shape index (κ2) is 11.6. The molecule has 1 aliphatic heterocycles. The molecule has 1 aromatic rings. The summed E-state index contributed by atoms with van der Waals surface area (Å²) in [5.41, 5.74) is 7.22. The van der Waals surface area contributed by atoms with Gasteiger partial charge in [0.25, 0.3) is 0 Å². The van der Waals surface area contributed by atoms with Gasteiger partial charge in [0.1, 0.15) is 12.1 Å². The van der Waals surface area contributed by atoms with Crippen LogP contribution in [0.15, 0.2) is 30.3 Å². The average molecular weight is 384 g/mol. The van der Waals surface area contributed by atoms with Crippen LogP contribution < -0.4 is 5.73 Å². The van der Waals surface area contributed by atoms with E-state index in [-0.39, 0.29) is 31.1 Å². The van der Waals surface area contributed by atoms with Crippen LogP contribution in [0.1, 0.15) is 45.6 Å². The summed E-state index contributed by atoms with van der Waals surface area (Å²) in [5, 5.41) is 0. The summed E-state index contributed by atoms with van der Waals surface area (Å²) in [5.74, 6) is 0.910. The van der Waals surface area contributed by atoms with Gasteiger partial charge >= 0.3 is 5.97 Å². The minimum Gasteiger partial charge on any atom is -0.461 e. The summed E-state index contributed by atoms with van der Waals surface area (Å²) >= 11 is 0. The molecule has 5 heteroatoms. The van der Waals surface area contributed by atoms with Crippen molar-refractivity contribution in [3.8, 4) is 0 Å². The molecule has 0 spiro atoms. The molecule has 1 saturated heterocycles. The van der Waals surface area contributed by atoms with Crippen LogP contribution in [0.5, 0.6) is 0 Å². The van der Waals surface area contributed by atoms with E-state index in [0.29, 0.717) is 24.4 Å². The molecular formula is C21H34ClNO3. The van der Waals surface area contributed by atoms with E-state index in [4.69, 9.17) is 15.2 Å². The molecule has 4 nitrogen and oxygen atoms in total. The van der Waals surface area contributed by atoms with Crippen LogP contribution >= 0.6 is 12.4 Å². The van der Waals surface area contributed by atoms with Gasteiger partial charge in [0.05, 0.1) is 6.61 Å². The van der Waals surface area contributed by atoms with Crippen LogP contribution in [0.2, 0.25) is 0 Å². The molecule has 0 bridgehead atoms. The van der Waals surface area contributed by atoms with E-state index in [1.165, 1.54) is 5.56 Å². The monoisotopic (exact) mass is 383 g/mol. The Balaban J connectivity index is 0.00000338. The van der Waals surface area contributed by atoms with Crippen molar-refractivity contribution in [1.29, 1.82) is 0 Å². The molecule has 0 unspecified atom stereocenters. The highest BCUT2D eigenvalue weighted by Gasteiger charge is 2.33. The standard InChI is InChI=1S/C21H33NO3.ClH/c1-15(2)12-19-16(3)25-21(23)20(22)14-24-13-18(19)11-7-10-17-8-5-4-6-9-17;/h4-6,8-9,15-16,18-20H,7,10-14,22H2,1-3H3;1H/t16-,18-,19-,20-;/m0./s1. The van der Waals surface area contributed by atoms with E-state index in [9.17, 15) is 4.79 Å². The van der Waals surface area contributed by atoms with E-state index < -0.39 is 6.04 Å². The van der Waals surface area contributed by atoms with Crippen molar-refractivity contribution in [3.05, 3.63) is 35.9 Å². The molecule has 0 amide bonds. The number of aryl methyl sites for hydroxylation is 1. The molecule has 0 radical (unpaired) electrons. The molecule has 1 aromatic carbocycles. The second-order valence-electron chi connectivity index (χ2n) is 7.72. The van der Waals surface area contributed by atoms with Gasteiger partial charge in [0.15, 0.2) is 0 Å². The minimum absolute atomic E-state index is 0. The van der Waals surface area contributed by atoms with Crippen molar-refractivity contribution in [3.63, 3.8) is 0 Å². The lowest BCUT2D eigenvalue weighted by Crippen LogP contribution is -2.38. The maximum absolute atomic E-state index is 12.0. The molecular weight excluding hydrogens is 350 g/mol. The van der Waals surface area contributed by atoms with Gasteiger partial charge in [0.2, 0.25) is 0 Å². The topological polar surface area (TPSA) is 61.5 Å². The lowest BCUT2D eigenvalue weighted by molar-refractivity contribution is -0.153. The largest absolute Gasteiger partial charge is 0.461 e. The molecule has 1 fully saturated rings. The van der Waals surface area contributed by atoms with Crippen LogP contribution in [0.25, 0.3) is 0 Å². The highest BCUT2D eigenvalue weighted by Crippen LogP contribution is 2.31. The zero-order valence-electron chi connectivity index (χ0n) is 16.2. The van der Waals surface area contributed by atoms with Gasteiger partial charge in [-0.05, 0) is 50.0 Å². The van der Waals surface area contributed by atoms with Gasteiger partial charge in [0, 0.05) is 12.5 Å². The summed E-state index contributed by atoms with van der Waals surface area (Å²) in [4.78, 5) is 12.0. The Kier molecular flexibility index (Phi) is 10.2. The van der Waals surface area contributed by atoms with E-state index in [1.807, 2.05) is 13.0 Å². The first-order valence-electron chi connectivity index (χ1n) is 9.55. The fourth-order valence-electron chi connectivity index (χ4n) is 3.72. The van der Waals surface area contributed by atoms with Gasteiger partial charge in [-0.2, -0.15) is 0 Å². The van der Waals surface area contributed by atoms with Gasteiger partial charge < -0.3 is 15.2 Å². The zero-order valence-corrected chi connectivity index (χ0v) is 17.0. The number of cyclic esters (lactones) is 1. The molecule has 0 aromatic heterocycles. The number of benzene rings is 1. The number of halogens is 1. The quantitative estimate of drug-likeness (QED) is 0.754. The minimum atomic E-state index is -0.676. The van der Waals surface area contributed by atoms with Crippen LogP contribution in [-0.4, -0.2) is 31.3 Å². The maximum Gasteiger partial charge on any atom is 0.325 e. The SMILES string of the molecule is CC(C)C[C@@H]1[C@@H](CCCc2ccccc2)COC[C@H](N)C(=O)O[C@H]1C.Cl. The molecule has 1 aliphatic rings. The number of ether oxygens (including phenoxy) is 2. The summed E-state index contributed by atoms with van der Waals surface area (Å²) in [6.45, 7) is 7.34. The number of hydrogen-bond acceptors (Lipinski definition) is 4. The second-order valence-corrected chi connectivity index (χ2v) is 7.72. The van der Waals surface area contributed by atoms with Gasteiger partial charge in [-0.3, -0.25) is 4.79 Å². The van der Waals surface area contributed by atoms with E-state index in [0.717, 1.165) is 25.7 Å². The third-order valence-corrected chi connectivity index (χ3v) is 5.07. The lowest BCUT2D eigenvalue weighted by atomic mass is 9.79. The number of esters is 1. The smallest absolute Gasteiger partial charge is 0.325 e. The number of nitrogens with two attached hydrogens (primary N) is 1. The van der Waals surface area contributed by atoms with Crippen LogP contribution in [0.3, 0.4) is 0 Å². The van der Waals surface area contributed by atoms with Gasteiger partial charge in [-0.25, -0.2) is 0 Å². The Morgan fingerprint density at radius 3 is 2.54 bits per heavy atom. The van der Waals surface area contributed by atoms with Crippen molar-refractivity contribution >= 4 is 18.4 Å². The fraction of sp³-hybridized carbons (Fsp3) is 0.667. The highest BCUT2D eigenvalue weighted by atomic mass is 35.5. The van der Waals surface area contributed by atoms with Crippen LogP contribution in [0, 0.1) is 17.8 Å². The Labute approximate surface area is 164 Å². The molecule has 2 rings (SSSR count). The third-order valence-electron chi connectivity index (χ3n) is 5.07. The molecule has 0 aliphatic carbocycles. The normalized spacial score (nSPS) is 27.0. The van der Waals surface area contributed by atoms with E-state index in [1.54, 1.807) is 0 Å². The highest BCUT2D eigenvalue weighted by molar-refractivity contribution is 5.85.